The van der Waals surface area contributed by atoms with Gasteiger partial charge in [0.2, 0.25) is 0 Å². The van der Waals surface area contributed by atoms with E-state index < -0.39 is 0 Å². The lowest BCUT2D eigenvalue weighted by atomic mass is 9.68. The van der Waals surface area contributed by atoms with Crippen LogP contribution in [0.2, 0.25) is 0 Å². The predicted octanol–water partition coefficient (Wildman–Crippen LogP) is 14.3. The van der Waals surface area contributed by atoms with Gasteiger partial charge in [-0.2, -0.15) is 0 Å². The molecule has 0 unspecified atom stereocenters. The molecule has 0 spiro atoms. The summed E-state index contributed by atoms with van der Waals surface area (Å²) in [5.74, 6) is 10.00. The molecule has 2 saturated carbocycles. The summed E-state index contributed by atoms with van der Waals surface area (Å²) in [6, 6.07) is 21.1. The largest absolute Gasteiger partial charge is 0.206 e. The van der Waals surface area contributed by atoms with Gasteiger partial charge in [0.05, 0.1) is 0 Å². The molecule has 3 aliphatic carbocycles. The van der Waals surface area contributed by atoms with Crippen molar-refractivity contribution in [1.29, 1.82) is 0 Å². The zero-order valence-electron chi connectivity index (χ0n) is 31.6. The van der Waals surface area contributed by atoms with Crippen LogP contribution in [0.15, 0.2) is 115 Å². The molecule has 0 radical (unpaired) electrons. The van der Waals surface area contributed by atoms with Crippen LogP contribution >= 0.6 is 0 Å². The summed E-state index contributed by atoms with van der Waals surface area (Å²) >= 11 is 0. The topological polar surface area (TPSA) is 0 Å². The molecular weight excluding hydrogens is 608 g/mol. The van der Waals surface area contributed by atoms with Crippen molar-refractivity contribution < 1.29 is 4.39 Å². The average Bonchev–Trinajstić information content (AvgIpc) is 3.37. The molecule has 3 aliphatic rings. The van der Waals surface area contributed by atoms with E-state index in [0.717, 1.165) is 52.3 Å². The third-order valence-electron chi connectivity index (χ3n) is 10.9. The van der Waals surface area contributed by atoms with Crippen LogP contribution in [0.5, 0.6) is 0 Å². The van der Waals surface area contributed by atoms with Crippen molar-refractivity contribution in [3.63, 3.8) is 0 Å². The Bertz CT molecular complexity index is 1620. The number of hydrogen-bond acceptors (Lipinski definition) is 0. The van der Waals surface area contributed by atoms with Gasteiger partial charge in [-0.1, -0.05) is 123 Å². The fourth-order valence-corrected chi connectivity index (χ4v) is 7.81. The van der Waals surface area contributed by atoms with Crippen molar-refractivity contribution in [2.75, 3.05) is 0 Å². The van der Waals surface area contributed by atoms with Crippen LogP contribution in [0.4, 0.5) is 4.39 Å². The highest BCUT2D eigenvalue weighted by Gasteiger charge is 2.31. The number of rotatable bonds is 7. The van der Waals surface area contributed by atoms with E-state index in [-0.39, 0.29) is 5.82 Å². The zero-order chi connectivity index (χ0) is 35.7. The third-order valence-corrected chi connectivity index (χ3v) is 10.9. The van der Waals surface area contributed by atoms with Gasteiger partial charge in [0.15, 0.2) is 0 Å². The molecule has 1 heteroatoms. The molecule has 3 aromatic carbocycles. The van der Waals surface area contributed by atoms with Crippen molar-refractivity contribution >= 4 is 0 Å². The maximum absolute atomic E-state index is 14.0. The first-order valence-corrected chi connectivity index (χ1v) is 19.5. The molecule has 2 fully saturated rings. The molecule has 0 N–H and O–H groups in total. The molecule has 0 atom stereocenters. The molecule has 264 valence electrons. The minimum Gasteiger partial charge on any atom is -0.206 e. The number of aryl methyl sites for hydroxylation is 2. The number of unbranched alkanes of at least 4 members (excludes halogenated alkanes) is 1. The lowest BCUT2D eigenvalue weighted by Gasteiger charge is -2.38. The summed E-state index contributed by atoms with van der Waals surface area (Å²) in [4.78, 5) is 0. The van der Waals surface area contributed by atoms with Gasteiger partial charge < -0.3 is 0 Å². The highest BCUT2D eigenvalue weighted by Crippen LogP contribution is 2.44. The predicted molar refractivity (Wildman–Crippen MR) is 216 cm³/mol. The Kier molecular flexibility index (Phi) is 16.1. The van der Waals surface area contributed by atoms with E-state index >= 15 is 0 Å². The van der Waals surface area contributed by atoms with Gasteiger partial charge in [0.1, 0.15) is 5.82 Å². The molecule has 50 heavy (non-hydrogen) atoms. The average molecular weight is 669 g/mol. The highest BCUT2D eigenvalue weighted by molar-refractivity contribution is 5.65. The Morgan fingerprint density at radius 3 is 1.90 bits per heavy atom. The zero-order valence-corrected chi connectivity index (χ0v) is 31.6. The highest BCUT2D eigenvalue weighted by atomic mass is 19.1. The molecule has 0 aliphatic heterocycles. The monoisotopic (exact) mass is 668 g/mol. The smallest absolute Gasteiger partial charge is 0.131 e. The second kappa shape index (κ2) is 20.7. The van der Waals surface area contributed by atoms with E-state index in [1.54, 1.807) is 11.6 Å². The molecule has 0 bridgehead atoms. The summed E-state index contributed by atoms with van der Waals surface area (Å²) in [6.45, 7) is 14.0. The Morgan fingerprint density at radius 1 is 0.720 bits per heavy atom. The van der Waals surface area contributed by atoms with E-state index in [4.69, 9.17) is 0 Å². The first kappa shape index (κ1) is 38.9. The number of allylic oxidation sites excluding steroid dienone is 7. The lowest BCUT2D eigenvalue weighted by molar-refractivity contribution is 0.150. The molecule has 0 amide bonds. The van der Waals surface area contributed by atoms with Gasteiger partial charge in [-0.3, -0.25) is 0 Å². The van der Waals surface area contributed by atoms with Gasteiger partial charge >= 0.3 is 0 Å². The summed E-state index contributed by atoms with van der Waals surface area (Å²) in [5, 5.41) is 0. The second-order valence-electron chi connectivity index (χ2n) is 14.6. The van der Waals surface area contributed by atoms with Crippen molar-refractivity contribution in [3.05, 3.63) is 143 Å². The van der Waals surface area contributed by atoms with Crippen LogP contribution in [0.1, 0.15) is 120 Å². The minimum absolute atomic E-state index is 0.191. The molecule has 3 aromatic rings. The first-order valence-electron chi connectivity index (χ1n) is 19.5. The maximum Gasteiger partial charge on any atom is 0.131 e. The Balaban J connectivity index is 0.000000215. The SMILES string of the molecule is C=CCCCC1CCC(C2CCC(C3=CC=C(C)CC=C3)CC2)CC1.CC.Cc1ccc(C#Cc2ccc(-c3ccc(C)cc3F)cc2)cc1. The fourth-order valence-electron chi connectivity index (χ4n) is 7.81. The van der Waals surface area contributed by atoms with Crippen molar-refractivity contribution in [2.24, 2.45) is 23.7 Å². The molecular formula is C49H61F. The first-order chi connectivity index (χ1) is 24.4. The fraction of sp³-hybridized carbons (Fsp3) is 0.429. The summed E-state index contributed by atoms with van der Waals surface area (Å²) in [7, 11) is 0. The van der Waals surface area contributed by atoms with Crippen LogP contribution < -0.4 is 0 Å². The van der Waals surface area contributed by atoms with E-state index in [0.29, 0.717) is 5.56 Å². The standard InChI is InChI=1S/C25H38.C22H17F.C2H6/c1-3-4-5-8-21-11-14-23(15-12-21)25-18-16-24(17-19-25)22-9-6-7-20(2)10-13-22;1-16-3-6-18(7-4-16)8-9-19-10-12-20(13-11-19)21-14-5-17(2)15-22(21)23;1-2/h3,6,9-10,13,21,23-25H,1,4-5,7-8,11-12,14-19H2,2H3;3-7,10-15H,1-2H3;1-2H3. The van der Waals surface area contributed by atoms with Crippen molar-refractivity contribution in [2.45, 2.75) is 112 Å². The Hall–Kier alpha value is -3.89. The molecule has 0 aromatic heterocycles. The van der Waals surface area contributed by atoms with Gasteiger partial charge in [0, 0.05) is 16.7 Å². The summed E-state index contributed by atoms with van der Waals surface area (Å²) < 4.78 is 14.0. The number of halogens is 1. The number of hydrogen-bond donors (Lipinski definition) is 0. The number of benzene rings is 3. The second-order valence-corrected chi connectivity index (χ2v) is 14.6. The van der Waals surface area contributed by atoms with Crippen LogP contribution in [0.3, 0.4) is 0 Å². The molecule has 0 nitrogen and oxygen atoms in total. The summed E-state index contributed by atoms with van der Waals surface area (Å²) in [6.07, 6.45) is 28.6. The molecule has 6 rings (SSSR count). The van der Waals surface area contributed by atoms with Crippen molar-refractivity contribution in [1.82, 2.24) is 0 Å². The van der Waals surface area contributed by atoms with E-state index in [9.17, 15) is 4.39 Å². The maximum atomic E-state index is 14.0. The Labute approximate surface area is 304 Å². The van der Waals surface area contributed by atoms with Crippen LogP contribution in [0.25, 0.3) is 11.1 Å². The van der Waals surface area contributed by atoms with E-state index in [2.05, 4.69) is 62.6 Å². The van der Waals surface area contributed by atoms with E-state index in [1.165, 1.54) is 81.8 Å². The van der Waals surface area contributed by atoms with Crippen molar-refractivity contribution in [3.8, 4) is 23.0 Å². The van der Waals surface area contributed by atoms with Crippen LogP contribution in [-0.2, 0) is 0 Å². The van der Waals surface area contributed by atoms with Gasteiger partial charge in [-0.25, -0.2) is 4.39 Å². The molecule has 0 saturated heterocycles. The summed E-state index contributed by atoms with van der Waals surface area (Å²) in [5.41, 5.74) is 8.63. The minimum atomic E-state index is -0.191. The normalized spacial score (nSPS) is 21.4. The van der Waals surface area contributed by atoms with Gasteiger partial charge in [-0.05, 0) is 149 Å². The van der Waals surface area contributed by atoms with Gasteiger partial charge in [0.25, 0.3) is 0 Å². The van der Waals surface area contributed by atoms with Gasteiger partial charge in [-0.15, -0.1) is 6.58 Å². The molecule has 0 heterocycles. The quantitative estimate of drug-likeness (QED) is 0.134. The van der Waals surface area contributed by atoms with Crippen LogP contribution in [-0.4, -0.2) is 0 Å². The van der Waals surface area contributed by atoms with Crippen LogP contribution in [0, 0.1) is 55.2 Å². The Morgan fingerprint density at radius 2 is 1.30 bits per heavy atom. The third kappa shape index (κ3) is 12.2. The van der Waals surface area contributed by atoms with E-state index in [1.807, 2.05) is 81.4 Å². The lowest BCUT2D eigenvalue weighted by Crippen LogP contribution is -2.26.